The van der Waals surface area contributed by atoms with Crippen molar-refractivity contribution in [1.82, 2.24) is 9.80 Å². The number of carbonyl (C=O) groups is 2. The summed E-state index contributed by atoms with van der Waals surface area (Å²) in [5, 5.41) is 8.71. The largest absolute Gasteiger partial charge is 0.481 e. The molecule has 0 aromatic rings. The minimum atomic E-state index is -0.801. The second-order valence-electron chi connectivity index (χ2n) is 4.44. The SMILES string of the molecule is CC(CSCC(=O)N1CCN(C)CC1)C(=O)O. The van der Waals surface area contributed by atoms with E-state index in [1.54, 1.807) is 6.92 Å². The summed E-state index contributed by atoms with van der Waals surface area (Å²) >= 11 is 1.41. The maximum absolute atomic E-state index is 11.8. The van der Waals surface area contributed by atoms with Crippen molar-refractivity contribution >= 4 is 23.6 Å². The van der Waals surface area contributed by atoms with E-state index in [1.165, 1.54) is 11.8 Å². The molecule has 98 valence electrons. The van der Waals surface area contributed by atoms with Gasteiger partial charge in [0.1, 0.15) is 0 Å². The van der Waals surface area contributed by atoms with Crippen molar-refractivity contribution in [2.75, 3.05) is 44.7 Å². The Labute approximate surface area is 106 Å². The molecule has 6 heteroatoms. The quantitative estimate of drug-likeness (QED) is 0.766. The molecule has 1 atom stereocenters. The average Bonchev–Trinajstić information content (AvgIpc) is 2.29. The van der Waals surface area contributed by atoms with E-state index in [0.29, 0.717) is 11.5 Å². The lowest BCUT2D eigenvalue weighted by Crippen LogP contribution is -2.47. The van der Waals surface area contributed by atoms with Gasteiger partial charge in [-0.1, -0.05) is 6.92 Å². The Kier molecular flexibility index (Phi) is 5.77. The van der Waals surface area contributed by atoms with E-state index in [0.717, 1.165) is 26.2 Å². The molecule has 1 rings (SSSR count). The molecule has 0 aliphatic carbocycles. The van der Waals surface area contributed by atoms with Gasteiger partial charge in [-0.2, -0.15) is 11.8 Å². The van der Waals surface area contributed by atoms with Crippen molar-refractivity contribution in [3.05, 3.63) is 0 Å². The molecule has 1 unspecified atom stereocenters. The van der Waals surface area contributed by atoms with Crippen LogP contribution in [-0.2, 0) is 9.59 Å². The van der Waals surface area contributed by atoms with Gasteiger partial charge in [0.25, 0.3) is 0 Å². The van der Waals surface area contributed by atoms with Crippen LogP contribution >= 0.6 is 11.8 Å². The molecule has 0 saturated carbocycles. The van der Waals surface area contributed by atoms with E-state index >= 15 is 0 Å². The van der Waals surface area contributed by atoms with Crippen LogP contribution in [-0.4, -0.2) is 71.5 Å². The maximum atomic E-state index is 11.8. The van der Waals surface area contributed by atoms with E-state index < -0.39 is 5.97 Å². The summed E-state index contributed by atoms with van der Waals surface area (Å²) in [6, 6.07) is 0. The molecule has 1 aliphatic heterocycles. The molecule has 0 aromatic carbocycles. The minimum Gasteiger partial charge on any atom is -0.481 e. The predicted molar refractivity (Wildman–Crippen MR) is 68.2 cm³/mol. The van der Waals surface area contributed by atoms with Crippen LogP contribution in [0, 0.1) is 5.92 Å². The summed E-state index contributed by atoms with van der Waals surface area (Å²) in [4.78, 5) is 26.5. The molecular weight excluding hydrogens is 240 g/mol. The number of carboxylic acid groups (broad SMARTS) is 1. The van der Waals surface area contributed by atoms with Crippen molar-refractivity contribution in [2.24, 2.45) is 5.92 Å². The van der Waals surface area contributed by atoms with E-state index in [1.807, 2.05) is 11.9 Å². The number of amides is 1. The van der Waals surface area contributed by atoms with Gasteiger partial charge in [0, 0.05) is 31.9 Å². The number of aliphatic carboxylic acids is 1. The van der Waals surface area contributed by atoms with Crippen LogP contribution in [0.15, 0.2) is 0 Å². The molecule has 0 radical (unpaired) electrons. The van der Waals surface area contributed by atoms with E-state index in [2.05, 4.69) is 4.90 Å². The smallest absolute Gasteiger partial charge is 0.307 e. The third-order valence-electron chi connectivity index (χ3n) is 2.87. The van der Waals surface area contributed by atoms with Gasteiger partial charge in [0.05, 0.1) is 11.7 Å². The highest BCUT2D eigenvalue weighted by Crippen LogP contribution is 2.10. The van der Waals surface area contributed by atoms with Crippen molar-refractivity contribution in [1.29, 1.82) is 0 Å². The van der Waals surface area contributed by atoms with Gasteiger partial charge >= 0.3 is 5.97 Å². The molecule has 1 heterocycles. The van der Waals surface area contributed by atoms with Gasteiger partial charge in [-0.25, -0.2) is 0 Å². The van der Waals surface area contributed by atoms with Crippen LogP contribution in [0.3, 0.4) is 0 Å². The molecule has 0 bridgehead atoms. The van der Waals surface area contributed by atoms with E-state index in [-0.39, 0.29) is 11.8 Å². The van der Waals surface area contributed by atoms with Crippen LogP contribution in [0.2, 0.25) is 0 Å². The summed E-state index contributed by atoms with van der Waals surface area (Å²) in [5.41, 5.74) is 0. The fraction of sp³-hybridized carbons (Fsp3) is 0.818. The Morgan fingerprint density at radius 3 is 2.41 bits per heavy atom. The lowest BCUT2D eigenvalue weighted by molar-refractivity contribution is -0.140. The Morgan fingerprint density at radius 1 is 1.29 bits per heavy atom. The fourth-order valence-electron chi connectivity index (χ4n) is 1.54. The van der Waals surface area contributed by atoms with Crippen LogP contribution < -0.4 is 0 Å². The number of carboxylic acids is 1. The fourth-order valence-corrected chi connectivity index (χ4v) is 2.51. The van der Waals surface area contributed by atoms with Gasteiger partial charge in [-0.3, -0.25) is 9.59 Å². The van der Waals surface area contributed by atoms with Crippen molar-refractivity contribution in [3.8, 4) is 0 Å². The number of hydrogen-bond acceptors (Lipinski definition) is 4. The second kappa shape index (κ2) is 6.86. The maximum Gasteiger partial charge on any atom is 0.307 e. The first kappa shape index (κ1) is 14.3. The first-order valence-electron chi connectivity index (χ1n) is 5.77. The topological polar surface area (TPSA) is 60.9 Å². The van der Waals surface area contributed by atoms with Crippen LogP contribution in [0.25, 0.3) is 0 Å². The Hall–Kier alpha value is -0.750. The monoisotopic (exact) mass is 260 g/mol. The first-order valence-corrected chi connectivity index (χ1v) is 6.93. The normalized spacial score (nSPS) is 19.1. The molecule has 0 spiro atoms. The summed E-state index contributed by atoms with van der Waals surface area (Å²) in [6.07, 6.45) is 0. The van der Waals surface area contributed by atoms with Gasteiger partial charge in [0.2, 0.25) is 5.91 Å². The highest BCUT2D eigenvalue weighted by atomic mass is 32.2. The standard InChI is InChI=1S/C11H20N2O3S/c1-9(11(15)16)7-17-8-10(14)13-5-3-12(2)4-6-13/h9H,3-8H2,1-2H3,(H,15,16). The van der Waals surface area contributed by atoms with Gasteiger partial charge in [-0.15, -0.1) is 0 Å². The number of hydrogen-bond donors (Lipinski definition) is 1. The molecular formula is C11H20N2O3S. The van der Waals surface area contributed by atoms with Crippen molar-refractivity contribution in [2.45, 2.75) is 6.92 Å². The number of rotatable bonds is 5. The van der Waals surface area contributed by atoms with Crippen molar-refractivity contribution < 1.29 is 14.7 Å². The summed E-state index contributed by atoms with van der Waals surface area (Å²) in [6.45, 7) is 5.06. The zero-order valence-electron chi connectivity index (χ0n) is 10.4. The average molecular weight is 260 g/mol. The Bertz CT molecular complexity index is 278. The number of thioether (sulfide) groups is 1. The molecule has 1 amide bonds. The van der Waals surface area contributed by atoms with Gasteiger partial charge in [-0.05, 0) is 7.05 Å². The second-order valence-corrected chi connectivity index (χ2v) is 5.47. The first-order chi connectivity index (χ1) is 8.00. The van der Waals surface area contributed by atoms with E-state index in [9.17, 15) is 9.59 Å². The number of likely N-dealkylation sites (N-methyl/N-ethyl adjacent to an activating group) is 1. The van der Waals surface area contributed by atoms with Gasteiger partial charge < -0.3 is 14.9 Å². The summed E-state index contributed by atoms with van der Waals surface area (Å²) < 4.78 is 0. The highest BCUT2D eigenvalue weighted by Gasteiger charge is 2.19. The van der Waals surface area contributed by atoms with Crippen molar-refractivity contribution in [3.63, 3.8) is 0 Å². The summed E-state index contributed by atoms with van der Waals surface area (Å²) in [5.74, 6) is -0.179. The molecule has 5 nitrogen and oxygen atoms in total. The predicted octanol–water partition coefficient (Wildman–Crippen LogP) is 0.214. The highest BCUT2D eigenvalue weighted by molar-refractivity contribution is 7.99. The summed E-state index contributed by atoms with van der Waals surface area (Å²) in [7, 11) is 2.05. The Morgan fingerprint density at radius 2 is 1.88 bits per heavy atom. The van der Waals surface area contributed by atoms with Crippen LogP contribution in [0.5, 0.6) is 0 Å². The zero-order chi connectivity index (χ0) is 12.8. The van der Waals surface area contributed by atoms with Crippen LogP contribution in [0.1, 0.15) is 6.92 Å². The number of piperazine rings is 1. The molecule has 1 N–H and O–H groups in total. The number of carbonyl (C=O) groups excluding carboxylic acids is 1. The van der Waals surface area contributed by atoms with E-state index in [4.69, 9.17) is 5.11 Å². The van der Waals surface area contributed by atoms with Crippen LogP contribution in [0.4, 0.5) is 0 Å². The number of nitrogens with zero attached hydrogens (tertiary/aromatic N) is 2. The molecule has 1 aliphatic rings. The lowest BCUT2D eigenvalue weighted by Gasteiger charge is -2.32. The molecule has 17 heavy (non-hydrogen) atoms. The molecule has 1 fully saturated rings. The van der Waals surface area contributed by atoms with Gasteiger partial charge in [0.15, 0.2) is 0 Å². The Balaban J connectivity index is 2.19. The minimum absolute atomic E-state index is 0.126. The lowest BCUT2D eigenvalue weighted by atomic mass is 10.2. The molecule has 1 saturated heterocycles. The molecule has 0 aromatic heterocycles. The zero-order valence-corrected chi connectivity index (χ0v) is 11.2. The third-order valence-corrected chi connectivity index (χ3v) is 4.06. The third kappa shape index (κ3) is 4.95.